The fraction of sp³-hybridized carbons (Fsp3) is 0.100. The van der Waals surface area contributed by atoms with Crippen LogP contribution in [0.4, 0.5) is 11.4 Å². The van der Waals surface area contributed by atoms with Crippen LogP contribution in [0.5, 0.6) is 0 Å². The van der Waals surface area contributed by atoms with Crippen molar-refractivity contribution in [2.45, 2.75) is 6.92 Å². The van der Waals surface area contributed by atoms with E-state index < -0.39 is 0 Å². The SMILES string of the molecule is Bc1c(C)cc(-c2c(B)c(B)c(B)c(B)c2N(C)c2ccccc2)c(B)c1B. The van der Waals surface area contributed by atoms with E-state index in [2.05, 4.69) is 110 Å². The van der Waals surface area contributed by atoms with Gasteiger partial charge < -0.3 is 4.90 Å². The quantitative estimate of drug-likeness (QED) is 0.422. The van der Waals surface area contributed by atoms with Crippen LogP contribution in [0.15, 0.2) is 36.4 Å². The van der Waals surface area contributed by atoms with Crippen LogP contribution in [-0.4, -0.2) is 62.0 Å². The summed E-state index contributed by atoms with van der Waals surface area (Å²) >= 11 is 0. The van der Waals surface area contributed by atoms with Crippen molar-refractivity contribution in [2.75, 3.05) is 11.9 Å². The molecule has 0 radical (unpaired) electrons. The Bertz CT molecular complexity index is 1060. The maximum atomic E-state index is 2.39. The molecule has 1 nitrogen and oxygen atoms in total. The fourth-order valence-electron chi connectivity index (χ4n) is 4.29. The molecule has 0 unspecified atom stereocenters. The zero-order valence-corrected chi connectivity index (χ0v) is 18.9. The van der Waals surface area contributed by atoms with E-state index in [9.17, 15) is 0 Å². The lowest BCUT2D eigenvalue weighted by Gasteiger charge is -2.31. The molecule has 0 aliphatic heterocycles. The number of benzene rings is 3. The van der Waals surface area contributed by atoms with Crippen molar-refractivity contribution in [3.63, 3.8) is 0 Å². The number of rotatable bonds is 3. The zero-order valence-electron chi connectivity index (χ0n) is 18.9. The molecule has 0 N–H and O–H groups in total. The third-order valence-corrected chi connectivity index (χ3v) is 6.88. The maximum absolute atomic E-state index is 2.39. The average Bonchev–Trinajstić information content (AvgIpc) is 2.70. The first-order chi connectivity index (χ1) is 13.2. The number of hydrogen-bond acceptors (Lipinski definition) is 1. The van der Waals surface area contributed by atoms with E-state index in [1.165, 1.54) is 66.3 Å². The lowest BCUT2D eigenvalue weighted by molar-refractivity contribution is 1.22. The zero-order chi connectivity index (χ0) is 20.7. The summed E-state index contributed by atoms with van der Waals surface area (Å²) in [7, 11) is 18.0. The van der Waals surface area contributed by atoms with Crippen LogP contribution in [0.25, 0.3) is 11.1 Å². The molecule has 0 spiro atoms. The van der Waals surface area contributed by atoms with Gasteiger partial charge in [-0.15, -0.1) is 10.9 Å². The van der Waals surface area contributed by atoms with Gasteiger partial charge in [0.1, 0.15) is 54.9 Å². The van der Waals surface area contributed by atoms with Crippen molar-refractivity contribution >= 4 is 105 Å². The second kappa shape index (κ2) is 7.74. The van der Waals surface area contributed by atoms with Crippen LogP contribution in [0.2, 0.25) is 0 Å². The second-order valence-electron chi connectivity index (χ2n) is 8.23. The van der Waals surface area contributed by atoms with Gasteiger partial charge in [0.15, 0.2) is 0 Å². The van der Waals surface area contributed by atoms with Crippen LogP contribution in [0, 0.1) is 6.92 Å². The normalized spacial score (nSPS) is 10.8. The molecule has 132 valence electrons. The molecule has 0 heterocycles. The predicted octanol–water partition coefficient (Wildman–Crippen LogP) is -6.76. The first-order valence-electron chi connectivity index (χ1n) is 10.1. The van der Waals surface area contributed by atoms with Crippen molar-refractivity contribution in [1.29, 1.82) is 0 Å². The van der Waals surface area contributed by atoms with Gasteiger partial charge in [0, 0.05) is 18.4 Å². The number of aryl methyl sites for hydroxylation is 1. The Morgan fingerprint density at radius 1 is 0.643 bits per heavy atom. The van der Waals surface area contributed by atoms with Crippen molar-refractivity contribution in [2.24, 2.45) is 0 Å². The third-order valence-electron chi connectivity index (χ3n) is 6.88. The molecule has 0 bridgehead atoms. The highest BCUT2D eigenvalue weighted by molar-refractivity contribution is 6.66. The van der Waals surface area contributed by atoms with Gasteiger partial charge in [0.05, 0.1) is 0 Å². The average molecular weight is 356 g/mol. The summed E-state index contributed by atoms with van der Waals surface area (Å²) < 4.78 is 0. The molecule has 0 aliphatic rings. The Hall–Kier alpha value is -2.09. The Kier molecular flexibility index (Phi) is 5.70. The van der Waals surface area contributed by atoms with Gasteiger partial charge in [0.2, 0.25) is 0 Å². The van der Waals surface area contributed by atoms with E-state index in [1.54, 1.807) is 0 Å². The molecule has 0 atom stereocenters. The Morgan fingerprint density at radius 3 is 1.79 bits per heavy atom. The van der Waals surface area contributed by atoms with E-state index in [0.29, 0.717) is 0 Å². The standard InChI is InChI=1S/C20H26B7N/c1-9-8-11(14(22)16(24)13(9)21)12-15(23)17(25)18(26)19(27)20(12)28(2)10-6-4-3-5-7-10/h3-8H,21-27H2,1-2H3. The number of anilines is 2. The Morgan fingerprint density at radius 2 is 1.18 bits per heavy atom. The van der Waals surface area contributed by atoms with Crippen LogP contribution < -0.4 is 43.1 Å². The van der Waals surface area contributed by atoms with E-state index in [1.807, 2.05) is 0 Å². The summed E-state index contributed by atoms with van der Waals surface area (Å²) in [6.45, 7) is 2.23. The largest absolute Gasteiger partial charge is 0.345 e. The van der Waals surface area contributed by atoms with Gasteiger partial charge >= 0.3 is 0 Å². The fourth-order valence-corrected chi connectivity index (χ4v) is 4.29. The molecule has 0 aromatic heterocycles. The van der Waals surface area contributed by atoms with Gasteiger partial charge in [-0.3, -0.25) is 0 Å². The van der Waals surface area contributed by atoms with Gasteiger partial charge in [0.25, 0.3) is 0 Å². The van der Waals surface area contributed by atoms with E-state index in [0.717, 1.165) is 0 Å². The third kappa shape index (κ3) is 3.28. The van der Waals surface area contributed by atoms with Crippen LogP contribution in [-0.2, 0) is 0 Å². The van der Waals surface area contributed by atoms with Crippen molar-refractivity contribution in [1.82, 2.24) is 0 Å². The first-order valence-corrected chi connectivity index (χ1v) is 10.1. The monoisotopic (exact) mass is 357 g/mol. The molecule has 0 saturated carbocycles. The Labute approximate surface area is 176 Å². The highest BCUT2D eigenvalue weighted by Crippen LogP contribution is 2.29. The molecular formula is C20H26B7N. The molecule has 3 rings (SSSR count). The molecule has 0 fully saturated rings. The Balaban J connectivity index is 2.43. The van der Waals surface area contributed by atoms with Crippen LogP contribution in [0.1, 0.15) is 5.56 Å². The molecular weight excluding hydrogens is 330 g/mol. The van der Waals surface area contributed by atoms with E-state index in [-0.39, 0.29) is 0 Å². The number of nitrogens with zero attached hydrogens (tertiary/aromatic N) is 1. The lowest BCUT2D eigenvalue weighted by Crippen LogP contribution is -2.51. The first kappa shape index (κ1) is 20.6. The van der Waals surface area contributed by atoms with Gasteiger partial charge in [-0.05, 0) is 30.2 Å². The summed E-state index contributed by atoms with van der Waals surface area (Å²) in [5.74, 6) is 0. The van der Waals surface area contributed by atoms with Gasteiger partial charge in [-0.25, -0.2) is 0 Å². The number of para-hydroxylation sites is 1. The molecule has 0 amide bonds. The molecule has 3 aromatic carbocycles. The summed E-state index contributed by atoms with van der Waals surface area (Å²) in [4.78, 5) is 2.36. The lowest BCUT2D eigenvalue weighted by atomic mass is 9.61. The van der Waals surface area contributed by atoms with Crippen LogP contribution >= 0.6 is 0 Å². The van der Waals surface area contributed by atoms with Gasteiger partial charge in [-0.1, -0.05) is 57.1 Å². The number of hydrogen-bond donors (Lipinski definition) is 0. The summed E-state index contributed by atoms with van der Waals surface area (Å²) in [5.41, 5.74) is 16.3. The van der Waals surface area contributed by atoms with Crippen molar-refractivity contribution in [3.05, 3.63) is 42.0 Å². The molecule has 3 aromatic rings. The molecule has 0 aliphatic carbocycles. The minimum absolute atomic E-state index is 1.22. The summed E-state index contributed by atoms with van der Waals surface area (Å²) in [6, 6.07) is 13.1. The highest BCUT2D eigenvalue weighted by atomic mass is 15.1. The maximum Gasteiger partial charge on any atom is 0.141 e. The summed E-state index contributed by atoms with van der Waals surface area (Å²) in [6.07, 6.45) is 0. The topological polar surface area (TPSA) is 3.24 Å². The molecule has 28 heavy (non-hydrogen) atoms. The van der Waals surface area contributed by atoms with Crippen molar-refractivity contribution in [3.8, 4) is 11.1 Å². The second-order valence-corrected chi connectivity index (χ2v) is 8.23. The predicted molar refractivity (Wildman–Crippen MR) is 148 cm³/mol. The highest BCUT2D eigenvalue weighted by Gasteiger charge is 2.21. The smallest absolute Gasteiger partial charge is 0.141 e. The summed E-state index contributed by atoms with van der Waals surface area (Å²) in [5, 5.41) is 0. The van der Waals surface area contributed by atoms with E-state index >= 15 is 0 Å². The molecule has 8 heteroatoms. The van der Waals surface area contributed by atoms with Crippen LogP contribution in [0.3, 0.4) is 0 Å². The van der Waals surface area contributed by atoms with E-state index in [4.69, 9.17) is 0 Å². The van der Waals surface area contributed by atoms with Gasteiger partial charge in [-0.2, -0.15) is 0 Å². The minimum atomic E-state index is 1.22. The molecule has 0 saturated heterocycles. The van der Waals surface area contributed by atoms with Crippen molar-refractivity contribution < 1.29 is 0 Å². The minimum Gasteiger partial charge on any atom is -0.345 e.